The SMILES string of the molecule is CCCCOC(=O)n1cc(C(=O)c2nc(C(C)=O)cs2)c2ccccc21. The summed E-state index contributed by atoms with van der Waals surface area (Å²) in [5.41, 5.74) is 1.22. The molecule has 0 fully saturated rings. The predicted octanol–water partition coefficient (Wildman–Crippen LogP) is 4.32. The summed E-state index contributed by atoms with van der Waals surface area (Å²) in [5, 5.41) is 2.43. The highest BCUT2D eigenvalue weighted by atomic mass is 32.1. The van der Waals surface area contributed by atoms with Gasteiger partial charge in [0.2, 0.25) is 5.78 Å². The lowest BCUT2D eigenvalue weighted by Crippen LogP contribution is -2.13. The van der Waals surface area contributed by atoms with Gasteiger partial charge in [0.15, 0.2) is 10.8 Å². The number of thiazole rings is 1. The second-order valence-electron chi connectivity index (χ2n) is 5.82. The molecule has 2 heterocycles. The third-order valence-electron chi connectivity index (χ3n) is 3.94. The highest BCUT2D eigenvalue weighted by molar-refractivity contribution is 7.12. The molecule has 2 aromatic heterocycles. The van der Waals surface area contributed by atoms with Crippen LogP contribution in [0, 0.1) is 0 Å². The third-order valence-corrected chi connectivity index (χ3v) is 4.78. The van der Waals surface area contributed by atoms with E-state index in [9.17, 15) is 14.4 Å². The average molecular weight is 370 g/mol. The summed E-state index contributed by atoms with van der Waals surface area (Å²) >= 11 is 1.12. The number of ether oxygens (including phenoxy) is 1. The highest BCUT2D eigenvalue weighted by Gasteiger charge is 2.22. The molecule has 0 saturated carbocycles. The van der Waals surface area contributed by atoms with Gasteiger partial charge in [-0.15, -0.1) is 11.3 Å². The van der Waals surface area contributed by atoms with Crippen molar-refractivity contribution < 1.29 is 19.1 Å². The Morgan fingerprint density at radius 2 is 2.00 bits per heavy atom. The summed E-state index contributed by atoms with van der Waals surface area (Å²) in [4.78, 5) is 40.8. The molecule has 0 unspecified atom stereocenters. The topological polar surface area (TPSA) is 78.3 Å². The van der Waals surface area contributed by atoms with E-state index in [1.807, 2.05) is 6.92 Å². The van der Waals surface area contributed by atoms with Crippen molar-refractivity contribution in [1.29, 1.82) is 0 Å². The fourth-order valence-electron chi connectivity index (χ4n) is 2.54. The van der Waals surface area contributed by atoms with Crippen molar-refractivity contribution >= 4 is 39.9 Å². The average Bonchev–Trinajstić information content (AvgIpc) is 3.27. The number of carbonyl (C=O) groups excluding carboxylic acids is 3. The first-order chi connectivity index (χ1) is 12.5. The van der Waals surface area contributed by atoms with Crippen LogP contribution in [0.4, 0.5) is 4.79 Å². The van der Waals surface area contributed by atoms with Crippen molar-refractivity contribution in [3.63, 3.8) is 0 Å². The maximum absolute atomic E-state index is 12.9. The van der Waals surface area contributed by atoms with Gasteiger partial charge in [-0.1, -0.05) is 31.5 Å². The van der Waals surface area contributed by atoms with Crippen LogP contribution in [0.25, 0.3) is 10.9 Å². The number of hydrogen-bond acceptors (Lipinski definition) is 6. The number of rotatable bonds is 6. The van der Waals surface area contributed by atoms with Crippen LogP contribution in [-0.4, -0.2) is 33.8 Å². The first kappa shape index (κ1) is 18.0. The van der Waals surface area contributed by atoms with Gasteiger partial charge < -0.3 is 4.74 Å². The van der Waals surface area contributed by atoms with E-state index in [-0.39, 0.29) is 22.3 Å². The lowest BCUT2D eigenvalue weighted by molar-refractivity contribution is 0.101. The van der Waals surface area contributed by atoms with E-state index in [1.165, 1.54) is 17.7 Å². The Hall–Kier alpha value is -2.80. The van der Waals surface area contributed by atoms with Crippen LogP contribution in [0.5, 0.6) is 0 Å². The van der Waals surface area contributed by atoms with E-state index < -0.39 is 6.09 Å². The molecule has 0 atom stereocenters. The van der Waals surface area contributed by atoms with Crippen LogP contribution in [0.1, 0.15) is 52.5 Å². The maximum Gasteiger partial charge on any atom is 0.418 e. The largest absolute Gasteiger partial charge is 0.449 e. The highest BCUT2D eigenvalue weighted by Crippen LogP contribution is 2.25. The number of nitrogens with zero attached hydrogens (tertiary/aromatic N) is 2. The quantitative estimate of drug-likeness (QED) is 0.477. The van der Waals surface area contributed by atoms with Gasteiger partial charge >= 0.3 is 6.09 Å². The molecule has 0 aliphatic carbocycles. The Morgan fingerprint density at radius 1 is 1.23 bits per heavy atom. The predicted molar refractivity (Wildman–Crippen MR) is 99.1 cm³/mol. The summed E-state index contributed by atoms with van der Waals surface area (Å²) in [6.45, 7) is 3.75. The Kier molecular flexibility index (Phi) is 5.27. The molecule has 7 heteroatoms. The molecule has 134 valence electrons. The third kappa shape index (κ3) is 3.43. The van der Waals surface area contributed by atoms with Gasteiger partial charge in [-0.25, -0.2) is 9.78 Å². The lowest BCUT2D eigenvalue weighted by atomic mass is 10.1. The number of hydrogen-bond donors (Lipinski definition) is 0. The van der Waals surface area contributed by atoms with E-state index in [0.717, 1.165) is 24.2 Å². The number of unbranched alkanes of at least 4 members (excludes halogenated alkanes) is 1. The Labute approximate surface area is 154 Å². The van der Waals surface area contributed by atoms with Crippen LogP contribution in [0.3, 0.4) is 0 Å². The first-order valence-corrected chi connectivity index (χ1v) is 9.19. The lowest BCUT2D eigenvalue weighted by Gasteiger charge is -2.05. The smallest absolute Gasteiger partial charge is 0.418 e. The van der Waals surface area contributed by atoms with E-state index in [4.69, 9.17) is 4.74 Å². The van der Waals surface area contributed by atoms with Crippen LogP contribution in [0.15, 0.2) is 35.8 Å². The van der Waals surface area contributed by atoms with Gasteiger partial charge in [-0.2, -0.15) is 0 Å². The van der Waals surface area contributed by atoms with E-state index in [2.05, 4.69) is 4.98 Å². The van der Waals surface area contributed by atoms with Crippen LogP contribution < -0.4 is 0 Å². The number of carbonyl (C=O) groups is 3. The minimum atomic E-state index is -0.516. The number of para-hydroxylation sites is 1. The summed E-state index contributed by atoms with van der Waals surface area (Å²) < 4.78 is 6.61. The van der Waals surface area contributed by atoms with Gasteiger partial charge in [0.25, 0.3) is 0 Å². The number of fused-ring (bicyclic) bond motifs is 1. The van der Waals surface area contributed by atoms with E-state index in [1.54, 1.807) is 29.6 Å². The van der Waals surface area contributed by atoms with Crippen molar-refractivity contribution in [2.45, 2.75) is 26.7 Å². The summed E-state index contributed by atoms with van der Waals surface area (Å²) in [7, 11) is 0. The van der Waals surface area contributed by atoms with Gasteiger partial charge in [0, 0.05) is 23.9 Å². The molecule has 1 aromatic carbocycles. The molecule has 0 aliphatic heterocycles. The van der Waals surface area contributed by atoms with Crippen molar-refractivity contribution in [3.05, 3.63) is 52.1 Å². The molecule has 0 bridgehead atoms. The first-order valence-electron chi connectivity index (χ1n) is 8.31. The molecule has 0 radical (unpaired) electrons. The van der Waals surface area contributed by atoms with Crippen LogP contribution >= 0.6 is 11.3 Å². The zero-order chi connectivity index (χ0) is 18.7. The molecule has 0 amide bonds. The molecule has 3 rings (SSSR count). The second-order valence-corrected chi connectivity index (χ2v) is 6.68. The van der Waals surface area contributed by atoms with Gasteiger partial charge in [0.1, 0.15) is 5.69 Å². The maximum atomic E-state index is 12.9. The van der Waals surface area contributed by atoms with Gasteiger partial charge in [0.05, 0.1) is 17.7 Å². The van der Waals surface area contributed by atoms with E-state index >= 15 is 0 Å². The molecule has 26 heavy (non-hydrogen) atoms. The Morgan fingerprint density at radius 3 is 2.69 bits per heavy atom. The summed E-state index contributed by atoms with van der Waals surface area (Å²) in [5.74, 6) is -0.513. The Balaban J connectivity index is 1.99. The summed E-state index contributed by atoms with van der Waals surface area (Å²) in [6.07, 6.45) is 2.67. The molecule has 6 nitrogen and oxygen atoms in total. The normalized spacial score (nSPS) is 10.8. The molecular formula is C19H18N2O4S. The fraction of sp³-hybridized carbons (Fsp3) is 0.263. The number of aromatic nitrogens is 2. The van der Waals surface area contributed by atoms with Crippen molar-refractivity contribution in [3.8, 4) is 0 Å². The minimum Gasteiger partial charge on any atom is -0.449 e. The van der Waals surface area contributed by atoms with Crippen molar-refractivity contribution in [1.82, 2.24) is 9.55 Å². The zero-order valence-electron chi connectivity index (χ0n) is 14.5. The summed E-state index contributed by atoms with van der Waals surface area (Å²) in [6, 6.07) is 7.13. The molecule has 0 N–H and O–H groups in total. The van der Waals surface area contributed by atoms with Gasteiger partial charge in [-0.3, -0.25) is 14.2 Å². The molecule has 0 saturated heterocycles. The monoisotopic (exact) mass is 370 g/mol. The number of ketones is 2. The number of benzene rings is 1. The minimum absolute atomic E-state index is 0.192. The number of Topliss-reactive ketones (excluding diaryl/α,β-unsaturated/α-hetero) is 1. The van der Waals surface area contributed by atoms with Crippen molar-refractivity contribution in [2.75, 3.05) is 6.61 Å². The van der Waals surface area contributed by atoms with Crippen molar-refractivity contribution in [2.24, 2.45) is 0 Å². The van der Waals surface area contributed by atoms with Gasteiger partial charge in [-0.05, 0) is 12.5 Å². The zero-order valence-corrected chi connectivity index (χ0v) is 15.3. The molecule has 0 spiro atoms. The molecule has 3 aromatic rings. The van der Waals surface area contributed by atoms with Crippen LogP contribution in [-0.2, 0) is 4.74 Å². The molecular weight excluding hydrogens is 352 g/mol. The second kappa shape index (κ2) is 7.61. The Bertz CT molecular complexity index is 987. The standard InChI is InChI=1S/C19H18N2O4S/c1-3-4-9-25-19(24)21-10-14(13-7-5-6-8-16(13)21)17(23)18-20-15(11-26-18)12(2)22/h5-8,10-11H,3-4,9H2,1-2H3. The fourth-order valence-corrected chi connectivity index (χ4v) is 3.35. The van der Waals surface area contributed by atoms with E-state index in [0.29, 0.717) is 23.1 Å². The molecule has 0 aliphatic rings. The van der Waals surface area contributed by atoms with Crippen LogP contribution in [0.2, 0.25) is 0 Å².